The maximum absolute atomic E-state index is 5.65. The van der Waals surface area contributed by atoms with Crippen molar-refractivity contribution in [3.05, 3.63) is 24.0 Å². The molecular formula is C8H8N4S. The lowest BCUT2D eigenvalue weighted by Gasteiger charge is -2.00. The minimum atomic E-state index is 0.473. The Morgan fingerprint density at radius 3 is 2.85 bits per heavy atom. The van der Waals surface area contributed by atoms with Crippen LogP contribution >= 0.6 is 11.7 Å². The summed E-state index contributed by atoms with van der Waals surface area (Å²) in [6.45, 7) is 2.00. The Morgan fingerprint density at radius 1 is 1.38 bits per heavy atom. The molecule has 0 fully saturated rings. The lowest BCUT2D eigenvalue weighted by molar-refractivity contribution is 1.27. The minimum Gasteiger partial charge on any atom is -0.381 e. The number of rotatable bonds is 1. The zero-order valence-corrected chi connectivity index (χ0v) is 7.88. The second kappa shape index (κ2) is 3.10. The molecule has 5 heteroatoms. The maximum atomic E-state index is 5.65. The quantitative estimate of drug-likeness (QED) is 0.743. The molecule has 2 rings (SSSR count). The summed E-state index contributed by atoms with van der Waals surface area (Å²) in [4.78, 5) is 4.02. The van der Waals surface area contributed by atoms with Crippen LogP contribution in [0.15, 0.2) is 18.5 Å². The van der Waals surface area contributed by atoms with Gasteiger partial charge in [0.15, 0.2) is 5.82 Å². The van der Waals surface area contributed by atoms with Gasteiger partial charge in [-0.25, -0.2) is 0 Å². The Balaban J connectivity index is 2.59. The van der Waals surface area contributed by atoms with Crippen LogP contribution in [-0.2, 0) is 0 Å². The topological polar surface area (TPSA) is 64.7 Å². The number of nitrogens with zero attached hydrogens (tertiary/aromatic N) is 3. The first kappa shape index (κ1) is 8.12. The van der Waals surface area contributed by atoms with E-state index in [0.29, 0.717) is 5.82 Å². The van der Waals surface area contributed by atoms with Gasteiger partial charge in [0.25, 0.3) is 0 Å². The Hall–Kier alpha value is -1.49. The first-order valence-electron chi connectivity index (χ1n) is 3.78. The number of hydrogen-bond acceptors (Lipinski definition) is 5. The molecule has 0 radical (unpaired) electrons. The van der Waals surface area contributed by atoms with Crippen molar-refractivity contribution in [2.75, 3.05) is 5.73 Å². The van der Waals surface area contributed by atoms with Gasteiger partial charge in [-0.1, -0.05) is 0 Å². The van der Waals surface area contributed by atoms with Crippen molar-refractivity contribution < 1.29 is 0 Å². The molecule has 0 unspecified atom stereocenters. The van der Waals surface area contributed by atoms with Crippen molar-refractivity contribution in [3.8, 4) is 11.3 Å². The van der Waals surface area contributed by atoms with Crippen molar-refractivity contribution in [3.63, 3.8) is 0 Å². The normalized spacial score (nSPS) is 10.2. The fourth-order valence-electron chi connectivity index (χ4n) is 1.09. The molecule has 0 aliphatic carbocycles. The molecule has 2 aromatic heterocycles. The minimum absolute atomic E-state index is 0.473. The molecule has 0 spiro atoms. The molecule has 13 heavy (non-hydrogen) atoms. The van der Waals surface area contributed by atoms with Crippen LogP contribution in [0.4, 0.5) is 5.82 Å². The highest BCUT2D eigenvalue weighted by molar-refractivity contribution is 6.99. The molecule has 0 saturated heterocycles. The van der Waals surface area contributed by atoms with E-state index in [0.717, 1.165) is 28.5 Å². The van der Waals surface area contributed by atoms with Crippen LogP contribution in [0.1, 0.15) is 5.56 Å². The average molecular weight is 192 g/mol. The lowest BCUT2D eigenvalue weighted by atomic mass is 10.1. The predicted octanol–water partition coefficient (Wildman–Crippen LogP) is 1.49. The van der Waals surface area contributed by atoms with Crippen LogP contribution in [-0.4, -0.2) is 13.7 Å². The third kappa shape index (κ3) is 1.38. The van der Waals surface area contributed by atoms with Gasteiger partial charge in [0.1, 0.15) is 5.69 Å². The summed E-state index contributed by atoms with van der Waals surface area (Å²) >= 11 is 1.12. The Labute approximate surface area is 79.8 Å². The first-order valence-corrected chi connectivity index (χ1v) is 4.51. The van der Waals surface area contributed by atoms with Crippen LogP contribution in [0.5, 0.6) is 0 Å². The van der Waals surface area contributed by atoms with E-state index in [1.54, 1.807) is 12.4 Å². The van der Waals surface area contributed by atoms with E-state index in [1.165, 1.54) is 0 Å². The molecule has 0 bridgehead atoms. The Morgan fingerprint density at radius 2 is 2.23 bits per heavy atom. The van der Waals surface area contributed by atoms with Crippen molar-refractivity contribution in [1.29, 1.82) is 0 Å². The van der Waals surface area contributed by atoms with Gasteiger partial charge in [-0.05, 0) is 18.6 Å². The average Bonchev–Trinajstić information content (AvgIpc) is 2.52. The molecule has 0 aliphatic heterocycles. The van der Waals surface area contributed by atoms with Gasteiger partial charge in [-0.2, -0.15) is 8.75 Å². The molecule has 0 aliphatic rings. The second-order valence-electron chi connectivity index (χ2n) is 2.69. The van der Waals surface area contributed by atoms with E-state index < -0.39 is 0 Å². The van der Waals surface area contributed by atoms with E-state index in [-0.39, 0.29) is 0 Å². The lowest BCUT2D eigenvalue weighted by Crippen LogP contribution is -1.91. The Kier molecular flexibility index (Phi) is 1.94. The highest BCUT2D eigenvalue weighted by Gasteiger charge is 2.09. The summed E-state index contributed by atoms with van der Waals surface area (Å²) in [7, 11) is 0. The molecule has 4 nitrogen and oxygen atoms in total. The van der Waals surface area contributed by atoms with E-state index in [9.17, 15) is 0 Å². The van der Waals surface area contributed by atoms with E-state index in [4.69, 9.17) is 5.73 Å². The molecule has 66 valence electrons. The fourth-order valence-corrected chi connectivity index (χ4v) is 1.58. The maximum Gasteiger partial charge on any atom is 0.165 e. The molecule has 0 amide bonds. The summed E-state index contributed by atoms with van der Waals surface area (Å²) in [5.41, 5.74) is 8.44. The summed E-state index contributed by atoms with van der Waals surface area (Å²) in [6, 6.07) is 1.92. The molecule has 2 N–H and O–H groups in total. The van der Waals surface area contributed by atoms with Crippen LogP contribution in [0, 0.1) is 6.92 Å². The van der Waals surface area contributed by atoms with E-state index >= 15 is 0 Å². The van der Waals surface area contributed by atoms with Crippen molar-refractivity contribution in [2.45, 2.75) is 6.92 Å². The molecule has 0 aromatic carbocycles. The highest BCUT2D eigenvalue weighted by atomic mass is 32.1. The number of aryl methyl sites for hydroxylation is 1. The van der Waals surface area contributed by atoms with Crippen LogP contribution in [0.3, 0.4) is 0 Å². The van der Waals surface area contributed by atoms with Gasteiger partial charge in [-0.3, -0.25) is 4.98 Å². The monoisotopic (exact) mass is 192 g/mol. The Bertz CT molecular complexity index is 424. The first-order chi connectivity index (χ1) is 6.29. The van der Waals surface area contributed by atoms with Gasteiger partial charge in [0.2, 0.25) is 0 Å². The zero-order valence-electron chi connectivity index (χ0n) is 7.06. The summed E-state index contributed by atoms with van der Waals surface area (Å²) in [6.07, 6.45) is 3.50. The van der Waals surface area contributed by atoms with Crippen molar-refractivity contribution >= 4 is 17.5 Å². The fraction of sp³-hybridized carbons (Fsp3) is 0.125. The number of anilines is 1. The van der Waals surface area contributed by atoms with Gasteiger partial charge >= 0.3 is 0 Å². The number of nitrogen functional groups attached to an aromatic ring is 1. The van der Waals surface area contributed by atoms with E-state index in [2.05, 4.69) is 13.7 Å². The largest absolute Gasteiger partial charge is 0.381 e. The number of hydrogen-bond donors (Lipinski definition) is 1. The number of pyridine rings is 1. The third-order valence-electron chi connectivity index (χ3n) is 1.81. The summed E-state index contributed by atoms with van der Waals surface area (Å²) in [5.74, 6) is 0.473. The van der Waals surface area contributed by atoms with Gasteiger partial charge in [0.05, 0.1) is 11.7 Å². The summed E-state index contributed by atoms with van der Waals surface area (Å²) < 4.78 is 8.03. The zero-order chi connectivity index (χ0) is 9.26. The third-order valence-corrected chi connectivity index (χ3v) is 2.35. The van der Waals surface area contributed by atoms with Crippen molar-refractivity contribution in [2.24, 2.45) is 0 Å². The summed E-state index contributed by atoms with van der Waals surface area (Å²) in [5, 5.41) is 0. The number of aromatic nitrogens is 3. The van der Waals surface area contributed by atoms with Gasteiger partial charge < -0.3 is 5.73 Å². The van der Waals surface area contributed by atoms with Crippen molar-refractivity contribution in [1.82, 2.24) is 13.7 Å². The predicted molar refractivity (Wildman–Crippen MR) is 52.3 cm³/mol. The second-order valence-corrected chi connectivity index (χ2v) is 3.22. The van der Waals surface area contributed by atoms with Gasteiger partial charge in [0, 0.05) is 18.0 Å². The molecule has 0 atom stereocenters. The SMILES string of the molecule is Cc1ccncc1-c1nsnc1N. The molecular weight excluding hydrogens is 184 g/mol. The van der Waals surface area contributed by atoms with Crippen LogP contribution in [0.25, 0.3) is 11.3 Å². The molecule has 2 heterocycles. The smallest absolute Gasteiger partial charge is 0.165 e. The van der Waals surface area contributed by atoms with E-state index in [1.807, 2.05) is 13.0 Å². The number of nitrogens with two attached hydrogens (primary N) is 1. The van der Waals surface area contributed by atoms with Gasteiger partial charge in [-0.15, -0.1) is 0 Å². The molecule has 0 saturated carbocycles. The standard InChI is InChI=1S/C8H8N4S/c1-5-2-3-10-4-6(5)7-8(9)12-13-11-7/h2-4H,1H3,(H2,9,12). The van der Waals surface area contributed by atoms with Crippen LogP contribution < -0.4 is 5.73 Å². The van der Waals surface area contributed by atoms with Crippen LogP contribution in [0.2, 0.25) is 0 Å². The highest BCUT2D eigenvalue weighted by Crippen LogP contribution is 2.25. The molecule has 2 aromatic rings.